The summed E-state index contributed by atoms with van der Waals surface area (Å²) in [6.45, 7) is 1.83. The lowest BCUT2D eigenvalue weighted by Gasteiger charge is -2.17. The largest absolute Gasteiger partial charge is 0.496 e. The number of benzene rings is 1. The molecule has 1 aliphatic carbocycles. The van der Waals surface area contributed by atoms with Crippen molar-refractivity contribution < 1.29 is 13.2 Å². The Morgan fingerprint density at radius 2 is 2.16 bits per heavy atom. The monoisotopic (exact) mass is 347 g/mol. The Morgan fingerprint density at radius 3 is 2.74 bits per heavy atom. The van der Waals surface area contributed by atoms with E-state index in [1.165, 1.54) is 0 Å². The molecule has 1 N–H and O–H groups in total. The molecular weight excluding hydrogens is 330 g/mol. The van der Waals surface area contributed by atoms with Gasteiger partial charge in [-0.2, -0.15) is 0 Å². The van der Waals surface area contributed by atoms with Crippen molar-refractivity contribution in [1.82, 2.24) is 4.72 Å². The van der Waals surface area contributed by atoms with Crippen LogP contribution in [0.3, 0.4) is 0 Å². The first-order valence-corrected chi connectivity index (χ1v) is 8.69. The van der Waals surface area contributed by atoms with Gasteiger partial charge in [0.1, 0.15) is 5.75 Å². The number of rotatable bonds is 6. The first-order chi connectivity index (χ1) is 8.91. The predicted octanol–water partition coefficient (Wildman–Crippen LogP) is 2.85. The average Bonchev–Trinajstić information content (AvgIpc) is 3.10. The Hall–Kier alpha value is -0.590. The molecule has 1 aromatic carbocycles. The molecule has 0 aliphatic heterocycles. The van der Waals surface area contributed by atoms with Gasteiger partial charge in [0.05, 0.1) is 12.9 Å². The van der Waals surface area contributed by atoms with Gasteiger partial charge in [-0.15, -0.1) is 0 Å². The average molecular weight is 348 g/mol. The third kappa shape index (κ3) is 4.19. The summed E-state index contributed by atoms with van der Waals surface area (Å²) in [5.41, 5.74) is 0.838. The van der Waals surface area contributed by atoms with Crippen molar-refractivity contribution in [2.45, 2.75) is 25.8 Å². The topological polar surface area (TPSA) is 55.4 Å². The van der Waals surface area contributed by atoms with E-state index in [1.807, 2.05) is 25.1 Å². The van der Waals surface area contributed by atoms with Crippen molar-refractivity contribution in [3.63, 3.8) is 0 Å². The number of methoxy groups -OCH3 is 1. The summed E-state index contributed by atoms with van der Waals surface area (Å²) >= 11 is 3.37. The maximum absolute atomic E-state index is 12.0. The number of halogens is 1. The molecule has 0 radical (unpaired) electrons. The summed E-state index contributed by atoms with van der Waals surface area (Å²) in [5, 5.41) is 0. The summed E-state index contributed by atoms with van der Waals surface area (Å²) in [6, 6.07) is 5.28. The highest BCUT2D eigenvalue weighted by Crippen LogP contribution is 2.32. The molecule has 1 aliphatic rings. The highest BCUT2D eigenvalue weighted by molar-refractivity contribution is 9.10. The third-order valence-corrected chi connectivity index (χ3v) is 5.29. The first kappa shape index (κ1) is 14.8. The number of sulfonamides is 1. The van der Waals surface area contributed by atoms with Crippen molar-refractivity contribution in [3.05, 3.63) is 28.2 Å². The van der Waals surface area contributed by atoms with E-state index in [2.05, 4.69) is 20.7 Å². The van der Waals surface area contributed by atoms with Crippen LogP contribution in [0.15, 0.2) is 22.7 Å². The summed E-state index contributed by atoms with van der Waals surface area (Å²) in [7, 11) is -1.64. The van der Waals surface area contributed by atoms with E-state index < -0.39 is 10.0 Å². The van der Waals surface area contributed by atoms with Gasteiger partial charge in [-0.25, -0.2) is 13.1 Å². The molecule has 6 heteroatoms. The van der Waals surface area contributed by atoms with Gasteiger partial charge in [0, 0.05) is 16.1 Å². The minimum atomic E-state index is -3.22. The molecule has 4 nitrogen and oxygen atoms in total. The van der Waals surface area contributed by atoms with E-state index in [0.717, 1.165) is 22.9 Å². The molecule has 1 atom stereocenters. The molecule has 2 rings (SSSR count). The minimum Gasteiger partial charge on any atom is -0.496 e. The molecule has 0 heterocycles. The van der Waals surface area contributed by atoms with Gasteiger partial charge in [-0.05, 0) is 37.8 Å². The van der Waals surface area contributed by atoms with Crippen LogP contribution in [0.5, 0.6) is 5.75 Å². The minimum absolute atomic E-state index is 0.232. The number of ether oxygens (including phenoxy) is 1. The second kappa shape index (κ2) is 5.81. The molecule has 1 unspecified atom stereocenters. The Labute approximate surface area is 122 Å². The zero-order valence-corrected chi connectivity index (χ0v) is 13.4. The van der Waals surface area contributed by atoms with Crippen LogP contribution in [0, 0.1) is 5.92 Å². The fraction of sp³-hybridized carbons (Fsp3) is 0.538. The van der Waals surface area contributed by atoms with Crippen molar-refractivity contribution in [2.24, 2.45) is 5.92 Å². The molecule has 1 saturated carbocycles. The van der Waals surface area contributed by atoms with Gasteiger partial charge in [0.2, 0.25) is 10.0 Å². The first-order valence-electron chi connectivity index (χ1n) is 6.24. The highest BCUT2D eigenvalue weighted by Gasteiger charge is 2.29. The van der Waals surface area contributed by atoms with Gasteiger partial charge in [-0.3, -0.25) is 0 Å². The van der Waals surface area contributed by atoms with Gasteiger partial charge in [0.15, 0.2) is 0 Å². The van der Waals surface area contributed by atoms with Crippen molar-refractivity contribution in [1.29, 1.82) is 0 Å². The van der Waals surface area contributed by atoms with Crippen molar-refractivity contribution in [2.75, 3.05) is 12.9 Å². The van der Waals surface area contributed by atoms with E-state index in [4.69, 9.17) is 4.74 Å². The number of hydrogen-bond donors (Lipinski definition) is 1. The predicted molar refractivity (Wildman–Crippen MR) is 78.8 cm³/mol. The summed E-state index contributed by atoms with van der Waals surface area (Å²) in [4.78, 5) is 0. The van der Waals surface area contributed by atoms with Crippen LogP contribution in [-0.2, 0) is 10.0 Å². The Bertz CT molecular complexity index is 555. The molecule has 1 aromatic rings. The Kier molecular flexibility index (Phi) is 4.53. The molecule has 0 amide bonds. The van der Waals surface area contributed by atoms with Gasteiger partial charge >= 0.3 is 0 Å². The Morgan fingerprint density at radius 1 is 1.47 bits per heavy atom. The SMILES string of the molecule is COc1cc(Br)ccc1C(C)NS(=O)(=O)CC1CC1. The Balaban J connectivity index is 2.12. The maximum atomic E-state index is 12.0. The fourth-order valence-corrected chi connectivity index (χ4v) is 4.07. The van der Waals surface area contributed by atoms with E-state index in [0.29, 0.717) is 11.7 Å². The van der Waals surface area contributed by atoms with Gasteiger partial charge in [0.25, 0.3) is 0 Å². The molecule has 0 aromatic heterocycles. The summed E-state index contributed by atoms with van der Waals surface area (Å²) in [5.74, 6) is 1.25. The lowest BCUT2D eigenvalue weighted by atomic mass is 10.1. The number of nitrogens with one attached hydrogen (secondary N) is 1. The zero-order chi connectivity index (χ0) is 14.0. The van der Waals surface area contributed by atoms with Crippen LogP contribution in [0.1, 0.15) is 31.4 Å². The fourth-order valence-electron chi connectivity index (χ4n) is 2.02. The van der Waals surface area contributed by atoms with Crippen LogP contribution >= 0.6 is 15.9 Å². The molecule has 1 fully saturated rings. The van der Waals surface area contributed by atoms with Crippen LogP contribution in [-0.4, -0.2) is 21.3 Å². The molecule has 0 bridgehead atoms. The van der Waals surface area contributed by atoms with E-state index in [1.54, 1.807) is 7.11 Å². The van der Waals surface area contributed by atoms with Crippen LogP contribution in [0.2, 0.25) is 0 Å². The van der Waals surface area contributed by atoms with Crippen LogP contribution < -0.4 is 9.46 Å². The second-order valence-electron chi connectivity index (χ2n) is 4.95. The van der Waals surface area contributed by atoms with Gasteiger partial charge in [-0.1, -0.05) is 22.0 Å². The second-order valence-corrected chi connectivity index (χ2v) is 7.66. The quantitative estimate of drug-likeness (QED) is 0.860. The zero-order valence-electron chi connectivity index (χ0n) is 11.0. The van der Waals surface area contributed by atoms with Crippen molar-refractivity contribution in [3.8, 4) is 5.75 Å². The standard InChI is InChI=1S/C13H18BrNO3S/c1-9(15-19(16,17)8-10-3-4-10)12-6-5-11(14)7-13(12)18-2/h5-7,9-10,15H,3-4,8H2,1-2H3. The molecular formula is C13H18BrNO3S. The lowest BCUT2D eigenvalue weighted by Crippen LogP contribution is -2.30. The number of hydrogen-bond acceptors (Lipinski definition) is 3. The molecule has 19 heavy (non-hydrogen) atoms. The lowest BCUT2D eigenvalue weighted by molar-refractivity contribution is 0.405. The highest BCUT2D eigenvalue weighted by atomic mass is 79.9. The van der Waals surface area contributed by atoms with E-state index in [9.17, 15) is 8.42 Å². The third-order valence-electron chi connectivity index (χ3n) is 3.17. The van der Waals surface area contributed by atoms with Crippen LogP contribution in [0.25, 0.3) is 0 Å². The maximum Gasteiger partial charge on any atom is 0.212 e. The van der Waals surface area contributed by atoms with Crippen LogP contribution in [0.4, 0.5) is 0 Å². The van der Waals surface area contributed by atoms with E-state index in [-0.39, 0.29) is 11.8 Å². The molecule has 106 valence electrons. The van der Waals surface area contributed by atoms with E-state index >= 15 is 0 Å². The smallest absolute Gasteiger partial charge is 0.212 e. The molecule has 0 saturated heterocycles. The molecule has 0 spiro atoms. The summed E-state index contributed by atoms with van der Waals surface area (Å²) < 4.78 is 32.8. The summed E-state index contributed by atoms with van der Waals surface area (Å²) in [6.07, 6.45) is 2.05. The van der Waals surface area contributed by atoms with Crippen molar-refractivity contribution >= 4 is 26.0 Å². The van der Waals surface area contributed by atoms with Gasteiger partial charge < -0.3 is 4.74 Å². The normalized spacial score (nSPS) is 17.2.